The van der Waals surface area contributed by atoms with Gasteiger partial charge in [-0.05, 0) is 431 Å². The number of hydrogen-bond acceptors (Lipinski definition) is 0. The topological polar surface area (TPSA) is 0 Å². The van der Waals surface area contributed by atoms with E-state index in [1.54, 1.807) is 0 Å². The van der Waals surface area contributed by atoms with Crippen molar-refractivity contribution in [3.05, 3.63) is 309 Å². The Morgan fingerprint density at radius 3 is 0.151 bits per heavy atom. The number of aryl methyl sites for hydroxylation is 18. The van der Waals surface area contributed by atoms with Gasteiger partial charge in [0.15, 0.2) is 0 Å². The summed E-state index contributed by atoms with van der Waals surface area (Å²) < 4.78 is 0. The predicted octanol–water partition coefficient (Wildman–Crippen LogP) is 41.0. The van der Waals surface area contributed by atoms with Crippen LogP contribution in [0.15, 0.2) is 109 Å². The smallest absolute Gasteiger partial charge is 0.0216 e. The molecule has 0 unspecified atom stereocenters. The van der Waals surface area contributed by atoms with Crippen molar-refractivity contribution in [2.45, 2.75) is 480 Å². The van der Waals surface area contributed by atoms with Gasteiger partial charge < -0.3 is 0 Å². The summed E-state index contributed by atoms with van der Waals surface area (Å²) in [5.41, 5.74) is 52.8. The Labute approximate surface area is 784 Å². The predicted molar refractivity (Wildman–Crippen MR) is 577 cm³/mol. The molecule has 0 heterocycles. The van der Waals surface area contributed by atoms with Crippen LogP contribution in [0.2, 0.25) is 0 Å². The molecule has 0 aliphatic carbocycles. The second-order valence-corrected chi connectivity index (χ2v) is 43.9. The molecule has 0 aliphatic heterocycles. The molecule has 0 spiro atoms. The maximum atomic E-state index is 2.39. The minimum atomic E-state index is 0.632. The van der Waals surface area contributed by atoms with Crippen LogP contribution >= 0.6 is 0 Å². The highest BCUT2D eigenvalue weighted by atomic mass is 14.2. The van der Waals surface area contributed by atoms with Gasteiger partial charge in [0, 0.05) is 0 Å². The lowest BCUT2D eigenvalue weighted by molar-refractivity contribution is 0.819. The fourth-order valence-electron chi connectivity index (χ4n) is 19.2. The van der Waals surface area contributed by atoms with E-state index in [4.69, 9.17) is 0 Å². The van der Waals surface area contributed by atoms with E-state index in [9.17, 15) is 0 Å². The molecule has 9 aromatic rings. The van der Waals surface area contributed by atoms with Crippen molar-refractivity contribution >= 4 is 0 Å². The molecule has 9 rings (SSSR count). The molecule has 0 aliphatic rings. The second kappa shape index (κ2) is 54.0. The quantitative estimate of drug-likeness (QED) is 0.0803. The molecule has 126 heavy (non-hydrogen) atoms. The SMILES string of the molecule is Cc1cc(C)c(C(C)C)cc1C(C)C.Cc1cc(C)c(C(C)C)cc1C(C)C.Cc1cc(C)c(C(C)C)cc1C(C)C.Cc1cc(C)c(C(C)C)cc1C(C)C.Cc1cc(C)c(C(C)C)cc1C(C)C.Cc1cc(C)c(C(C)C)cc1C(C)C.Cc1cc(C)c(C(C)C)cc1C(C)C.Cc1cc(C)c(C(C)C)cc1C(C)C.Cc1cc(C)c(C(C)C)cc1C(C)C. The van der Waals surface area contributed by atoms with Crippen molar-refractivity contribution in [2.75, 3.05) is 0 Å². The van der Waals surface area contributed by atoms with Crippen molar-refractivity contribution in [1.29, 1.82) is 0 Å². The molecule has 0 amide bonds. The largest absolute Gasteiger partial charge is 0.0587 e. The first kappa shape index (κ1) is 117. The summed E-state index contributed by atoms with van der Waals surface area (Å²) in [6, 6.07) is 42.4. The zero-order chi connectivity index (χ0) is 97.9. The van der Waals surface area contributed by atoms with Gasteiger partial charge in [-0.25, -0.2) is 0 Å². The van der Waals surface area contributed by atoms with Gasteiger partial charge in [-0.15, -0.1) is 0 Å². The molecule has 0 saturated carbocycles. The maximum absolute atomic E-state index is 2.39. The summed E-state index contributed by atoms with van der Waals surface area (Å²) >= 11 is 0. The number of benzene rings is 9. The molecule has 0 bridgehead atoms. The summed E-state index contributed by atoms with van der Waals surface area (Å²) in [6.45, 7) is 121. The van der Waals surface area contributed by atoms with E-state index in [2.05, 4.69) is 483 Å². The van der Waals surface area contributed by atoms with Gasteiger partial charge in [0.25, 0.3) is 0 Å². The minimum absolute atomic E-state index is 0.632. The van der Waals surface area contributed by atoms with Gasteiger partial charge in [0.05, 0.1) is 0 Å². The van der Waals surface area contributed by atoms with Crippen molar-refractivity contribution in [1.82, 2.24) is 0 Å². The van der Waals surface area contributed by atoms with Crippen LogP contribution in [0.25, 0.3) is 0 Å². The molecule has 0 atom stereocenters. The summed E-state index contributed by atoms with van der Waals surface area (Å²) in [7, 11) is 0. The highest BCUT2D eigenvalue weighted by Crippen LogP contribution is 2.37. The molecule has 0 nitrogen and oxygen atoms in total. The highest BCUT2D eigenvalue weighted by Gasteiger charge is 2.19. The van der Waals surface area contributed by atoms with Crippen LogP contribution in [-0.2, 0) is 0 Å². The lowest BCUT2D eigenvalue weighted by Gasteiger charge is -2.16. The van der Waals surface area contributed by atoms with Crippen molar-refractivity contribution < 1.29 is 0 Å². The average Bonchev–Trinajstić information content (AvgIpc) is 0.888. The van der Waals surface area contributed by atoms with Crippen LogP contribution in [0.1, 0.15) is 556 Å². The minimum Gasteiger partial charge on any atom is -0.0587 e. The van der Waals surface area contributed by atoms with Gasteiger partial charge in [-0.3, -0.25) is 0 Å². The van der Waals surface area contributed by atoms with Crippen LogP contribution in [0.4, 0.5) is 0 Å². The van der Waals surface area contributed by atoms with Gasteiger partial charge in [-0.2, -0.15) is 0 Å². The van der Waals surface area contributed by atoms with E-state index in [-0.39, 0.29) is 0 Å². The Morgan fingerprint density at radius 1 is 0.0794 bits per heavy atom. The van der Waals surface area contributed by atoms with E-state index in [0.29, 0.717) is 107 Å². The third-order valence-electron chi connectivity index (χ3n) is 26.1. The van der Waals surface area contributed by atoms with E-state index in [0.717, 1.165) is 0 Å². The Morgan fingerprint density at radius 2 is 0.119 bits per heavy atom. The molecule has 0 N–H and O–H groups in total. The summed E-state index contributed by atoms with van der Waals surface area (Å²) in [6.07, 6.45) is 0. The summed E-state index contributed by atoms with van der Waals surface area (Å²) in [5.74, 6) is 11.4. The average molecular weight is 1710 g/mol. The molecule has 0 fully saturated rings. The number of rotatable bonds is 18. The molecule has 0 radical (unpaired) electrons. The molecular formula is C126H198. The van der Waals surface area contributed by atoms with Crippen molar-refractivity contribution in [3.8, 4) is 0 Å². The molecular weight excluding hydrogens is 1510 g/mol. The molecule has 0 aromatic heterocycles. The molecule has 0 saturated heterocycles. The Bertz CT molecular complexity index is 3570. The monoisotopic (exact) mass is 1710 g/mol. The van der Waals surface area contributed by atoms with Gasteiger partial charge >= 0.3 is 0 Å². The normalized spacial score (nSPS) is 11.4. The van der Waals surface area contributed by atoms with Crippen LogP contribution in [-0.4, -0.2) is 0 Å². The lowest BCUT2D eigenvalue weighted by Crippen LogP contribution is -1.99. The van der Waals surface area contributed by atoms with Crippen LogP contribution in [0.5, 0.6) is 0 Å². The zero-order valence-electron chi connectivity index (χ0n) is 92.8. The lowest BCUT2D eigenvalue weighted by atomic mass is 9.89. The van der Waals surface area contributed by atoms with Gasteiger partial charge in [0.1, 0.15) is 0 Å². The van der Waals surface area contributed by atoms with Gasteiger partial charge in [-0.1, -0.05) is 358 Å². The Hall–Kier alpha value is -7.02. The zero-order valence-corrected chi connectivity index (χ0v) is 92.8. The van der Waals surface area contributed by atoms with E-state index < -0.39 is 0 Å². The standard InChI is InChI=1S/9C14H22/c9*1-9(2)13-8-14(10(3)4)12(6)7-11(13)5/h9*7-10H,1-6H3. The first-order valence-electron chi connectivity index (χ1n) is 49.9. The second-order valence-electron chi connectivity index (χ2n) is 43.9. The van der Waals surface area contributed by atoms with Crippen LogP contribution in [0.3, 0.4) is 0 Å². The maximum Gasteiger partial charge on any atom is -0.0216 e. The molecule has 702 valence electrons. The van der Waals surface area contributed by atoms with Crippen molar-refractivity contribution in [3.63, 3.8) is 0 Å². The van der Waals surface area contributed by atoms with E-state index in [1.807, 2.05) is 0 Å². The summed E-state index contributed by atoms with van der Waals surface area (Å²) in [5, 5.41) is 0. The Kier molecular flexibility index (Phi) is 50.1. The fraction of sp³-hybridized carbons (Fsp3) is 0.571. The highest BCUT2D eigenvalue weighted by molar-refractivity contribution is 5.48. The van der Waals surface area contributed by atoms with Crippen LogP contribution in [0, 0.1) is 125 Å². The van der Waals surface area contributed by atoms with E-state index in [1.165, 1.54) is 200 Å². The van der Waals surface area contributed by atoms with E-state index >= 15 is 0 Å². The first-order chi connectivity index (χ1) is 57.9. The number of hydrogen-bond donors (Lipinski definition) is 0. The fourth-order valence-corrected chi connectivity index (χ4v) is 19.2. The van der Waals surface area contributed by atoms with Gasteiger partial charge in [0.2, 0.25) is 0 Å². The third kappa shape index (κ3) is 36.0. The first-order valence-corrected chi connectivity index (χ1v) is 49.9. The Balaban J connectivity index is 0.000000709. The molecule has 9 aromatic carbocycles. The molecule has 0 heteroatoms. The summed E-state index contributed by atoms with van der Waals surface area (Å²) in [4.78, 5) is 0. The third-order valence-corrected chi connectivity index (χ3v) is 26.1. The van der Waals surface area contributed by atoms with Crippen molar-refractivity contribution in [2.24, 2.45) is 0 Å². The van der Waals surface area contributed by atoms with Crippen LogP contribution < -0.4 is 0 Å².